The molecule has 11 heavy (non-hydrogen) atoms. The summed E-state index contributed by atoms with van der Waals surface area (Å²) in [5.41, 5.74) is 0. The maximum atomic E-state index is 10.9. The molecule has 64 valence electrons. The Hall–Kier alpha value is -0.240. The van der Waals surface area contributed by atoms with Crippen LogP contribution in [0.4, 0.5) is 0 Å². The Bertz CT molecular complexity index is 158. The highest BCUT2D eigenvalue weighted by Crippen LogP contribution is 2.25. The SMILES string of the molecule is C[C@@H]1COC(=O)C[C@H](C)[C@H]1Cl. The zero-order valence-electron chi connectivity index (χ0n) is 6.84. The van der Waals surface area contributed by atoms with Gasteiger partial charge in [-0.2, -0.15) is 0 Å². The van der Waals surface area contributed by atoms with E-state index in [2.05, 4.69) is 0 Å². The van der Waals surface area contributed by atoms with Crippen LogP contribution in [0.15, 0.2) is 0 Å². The van der Waals surface area contributed by atoms with Crippen LogP contribution in [0.25, 0.3) is 0 Å². The smallest absolute Gasteiger partial charge is 0.306 e. The first kappa shape index (κ1) is 8.85. The van der Waals surface area contributed by atoms with Gasteiger partial charge in [0.15, 0.2) is 0 Å². The summed E-state index contributed by atoms with van der Waals surface area (Å²) >= 11 is 6.06. The van der Waals surface area contributed by atoms with Crippen molar-refractivity contribution in [2.24, 2.45) is 11.8 Å². The third kappa shape index (κ3) is 2.09. The van der Waals surface area contributed by atoms with E-state index in [0.29, 0.717) is 13.0 Å². The molecule has 1 saturated heterocycles. The van der Waals surface area contributed by atoms with Crippen molar-refractivity contribution in [1.82, 2.24) is 0 Å². The Morgan fingerprint density at radius 3 is 2.73 bits per heavy atom. The quantitative estimate of drug-likeness (QED) is 0.416. The van der Waals surface area contributed by atoms with Crippen LogP contribution in [0.3, 0.4) is 0 Å². The number of rotatable bonds is 0. The van der Waals surface area contributed by atoms with Gasteiger partial charge in [-0.15, -0.1) is 11.6 Å². The molecule has 3 atom stereocenters. The molecule has 1 aliphatic heterocycles. The minimum Gasteiger partial charge on any atom is -0.465 e. The zero-order valence-corrected chi connectivity index (χ0v) is 7.60. The molecular formula is C8H13ClO2. The van der Waals surface area contributed by atoms with Crippen molar-refractivity contribution >= 4 is 17.6 Å². The lowest BCUT2D eigenvalue weighted by Crippen LogP contribution is -2.20. The molecule has 0 aromatic carbocycles. The van der Waals surface area contributed by atoms with E-state index in [4.69, 9.17) is 16.3 Å². The predicted octanol–water partition coefficient (Wildman–Crippen LogP) is 1.81. The van der Waals surface area contributed by atoms with E-state index < -0.39 is 0 Å². The monoisotopic (exact) mass is 176 g/mol. The van der Waals surface area contributed by atoms with Gasteiger partial charge in [-0.1, -0.05) is 13.8 Å². The van der Waals surface area contributed by atoms with Gasteiger partial charge < -0.3 is 4.74 Å². The molecule has 0 radical (unpaired) electrons. The second kappa shape index (κ2) is 3.44. The van der Waals surface area contributed by atoms with Gasteiger partial charge in [-0.25, -0.2) is 0 Å². The van der Waals surface area contributed by atoms with E-state index in [0.717, 1.165) is 0 Å². The molecule has 1 aliphatic rings. The number of halogens is 1. The van der Waals surface area contributed by atoms with Gasteiger partial charge in [-0.05, 0) is 5.92 Å². The van der Waals surface area contributed by atoms with Gasteiger partial charge in [0.1, 0.15) is 0 Å². The molecule has 3 heteroatoms. The van der Waals surface area contributed by atoms with Crippen molar-refractivity contribution in [2.45, 2.75) is 25.6 Å². The fraction of sp³-hybridized carbons (Fsp3) is 0.875. The minimum atomic E-state index is -0.118. The number of hydrogen-bond donors (Lipinski definition) is 0. The number of ether oxygens (including phenoxy) is 1. The van der Waals surface area contributed by atoms with E-state index >= 15 is 0 Å². The molecule has 0 N–H and O–H groups in total. The molecule has 0 saturated carbocycles. The number of esters is 1. The summed E-state index contributed by atoms with van der Waals surface area (Å²) in [5, 5.41) is 0.0708. The lowest BCUT2D eigenvalue weighted by atomic mass is 9.96. The number of carbonyl (C=O) groups excluding carboxylic acids is 1. The van der Waals surface area contributed by atoms with Crippen molar-refractivity contribution in [3.8, 4) is 0 Å². The van der Waals surface area contributed by atoms with Crippen molar-refractivity contribution in [3.05, 3.63) is 0 Å². The van der Waals surface area contributed by atoms with Crippen LogP contribution < -0.4 is 0 Å². The van der Waals surface area contributed by atoms with Crippen molar-refractivity contribution < 1.29 is 9.53 Å². The third-order valence-electron chi connectivity index (χ3n) is 2.08. The first-order valence-electron chi connectivity index (χ1n) is 3.91. The molecule has 0 aromatic rings. The summed E-state index contributed by atoms with van der Waals surface area (Å²) in [6.45, 7) is 4.46. The van der Waals surface area contributed by atoms with Crippen molar-refractivity contribution in [1.29, 1.82) is 0 Å². The van der Waals surface area contributed by atoms with E-state index in [1.54, 1.807) is 0 Å². The average Bonchev–Trinajstić information content (AvgIpc) is 2.05. The third-order valence-corrected chi connectivity index (χ3v) is 2.94. The Morgan fingerprint density at radius 2 is 2.09 bits per heavy atom. The Morgan fingerprint density at radius 1 is 1.45 bits per heavy atom. The lowest BCUT2D eigenvalue weighted by molar-refractivity contribution is -0.143. The molecular weight excluding hydrogens is 164 g/mol. The number of cyclic esters (lactones) is 1. The van der Waals surface area contributed by atoms with Gasteiger partial charge in [0, 0.05) is 17.7 Å². The first-order valence-corrected chi connectivity index (χ1v) is 4.34. The molecule has 1 rings (SSSR count). The van der Waals surface area contributed by atoms with Crippen LogP contribution in [-0.4, -0.2) is 18.0 Å². The van der Waals surface area contributed by atoms with Crippen molar-refractivity contribution in [2.75, 3.05) is 6.61 Å². The summed E-state index contributed by atoms with van der Waals surface area (Å²) in [6.07, 6.45) is 0.457. The fourth-order valence-electron chi connectivity index (χ4n) is 1.31. The molecule has 0 amide bonds. The Labute approximate surface area is 71.9 Å². The second-order valence-electron chi connectivity index (χ2n) is 3.29. The molecule has 2 nitrogen and oxygen atoms in total. The fourth-order valence-corrected chi connectivity index (χ4v) is 1.47. The molecule has 0 aliphatic carbocycles. The minimum absolute atomic E-state index is 0.0708. The lowest BCUT2D eigenvalue weighted by Gasteiger charge is -2.17. The molecule has 0 unspecified atom stereocenters. The Balaban J connectivity index is 2.61. The maximum Gasteiger partial charge on any atom is 0.306 e. The first-order chi connectivity index (χ1) is 5.11. The summed E-state index contributed by atoms with van der Waals surface area (Å²) < 4.78 is 4.93. The molecule has 0 bridgehead atoms. The highest BCUT2D eigenvalue weighted by molar-refractivity contribution is 6.21. The van der Waals surface area contributed by atoms with Gasteiger partial charge in [0.2, 0.25) is 0 Å². The van der Waals surface area contributed by atoms with E-state index in [9.17, 15) is 4.79 Å². The standard InChI is InChI=1S/C8H13ClO2/c1-5-3-7(10)11-4-6(2)8(5)9/h5-6,8H,3-4H2,1-2H3/t5-,6+,8+/m0/s1. The molecule has 0 aromatic heterocycles. The van der Waals surface area contributed by atoms with E-state index in [1.165, 1.54) is 0 Å². The molecule has 1 heterocycles. The van der Waals surface area contributed by atoms with Gasteiger partial charge >= 0.3 is 5.97 Å². The van der Waals surface area contributed by atoms with Gasteiger partial charge in [0.25, 0.3) is 0 Å². The van der Waals surface area contributed by atoms with Crippen LogP contribution >= 0.6 is 11.6 Å². The normalized spacial score (nSPS) is 39.5. The predicted molar refractivity (Wildman–Crippen MR) is 43.5 cm³/mol. The molecule has 0 spiro atoms. The highest BCUT2D eigenvalue weighted by Gasteiger charge is 2.28. The van der Waals surface area contributed by atoms with Crippen molar-refractivity contribution in [3.63, 3.8) is 0 Å². The average molecular weight is 177 g/mol. The topological polar surface area (TPSA) is 26.3 Å². The highest BCUT2D eigenvalue weighted by atomic mass is 35.5. The summed E-state index contributed by atoms with van der Waals surface area (Å²) in [6, 6.07) is 0. The number of carbonyl (C=O) groups is 1. The number of hydrogen-bond acceptors (Lipinski definition) is 2. The van der Waals surface area contributed by atoms with Crippen LogP contribution in [0, 0.1) is 11.8 Å². The second-order valence-corrected chi connectivity index (χ2v) is 3.79. The zero-order chi connectivity index (χ0) is 8.43. The van der Waals surface area contributed by atoms with Crippen LogP contribution in [-0.2, 0) is 9.53 Å². The van der Waals surface area contributed by atoms with Crippen LogP contribution in [0.5, 0.6) is 0 Å². The Kier molecular flexibility index (Phi) is 2.77. The van der Waals surface area contributed by atoms with Gasteiger partial charge in [0.05, 0.1) is 6.61 Å². The molecule has 1 fully saturated rings. The van der Waals surface area contributed by atoms with Crippen LogP contribution in [0.1, 0.15) is 20.3 Å². The maximum absolute atomic E-state index is 10.9. The van der Waals surface area contributed by atoms with Crippen LogP contribution in [0.2, 0.25) is 0 Å². The summed E-state index contributed by atoms with van der Waals surface area (Å²) in [5.74, 6) is 0.396. The largest absolute Gasteiger partial charge is 0.465 e. The summed E-state index contributed by atoms with van der Waals surface area (Å²) in [7, 11) is 0. The van der Waals surface area contributed by atoms with E-state index in [1.807, 2.05) is 13.8 Å². The van der Waals surface area contributed by atoms with Gasteiger partial charge in [-0.3, -0.25) is 4.79 Å². The summed E-state index contributed by atoms with van der Waals surface area (Å²) in [4.78, 5) is 10.9. The number of alkyl halides is 1. The van der Waals surface area contributed by atoms with E-state index in [-0.39, 0.29) is 23.2 Å².